The van der Waals surface area contributed by atoms with Crippen molar-refractivity contribution < 1.29 is 5.11 Å². The second-order valence-corrected chi connectivity index (χ2v) is 5.41. The molecule has 0 fully saturated rings. The summed E-state index contributed by atoms with van der Waals surface area (Å²) in [5.74, 6) is 0. The van der Waals surface area contributed by atoms with E-state index in [1.807, 2.05) is 56.4 Å². The van der Waals surface area contributed by atoms with Crippen LogP contribution in [0.25, 0.3) is 0 Å². The minimum Gasteiger partial charge on any atom is -0.388 e. The van der Waals surface area contributed by atoms with Crippen LogP contribution < -0.4 is 4.90 Å². The predicted octanol–water partition coefficient (Wildman–Crippen LogP) is 4.42. The van der Waals surface area contributed by atoms with Crippen molar-refractivity contribution >= 4 is 17.3 Å². The minimum atomic E-state index is -0.423. The predicted molar refractivity (Wildman–Crippen MR) is 85.3 cm³/mol. The van der Waals surface area contributed by atoms with Gasteiger partial charge in [-0.2, -0.15) is 0 Å². The highest BCUT2D eigenvalue weighted by atomic mass is 35.5. The van der Waals surface area contributed by atoms with Gasteiger partial charge in [-0.3, -0.25) is 0 Å². The fourth-order valence-electron chi connectivity index (χ4n) is 2.33. The Morgan fingerprint density at radius 1 is 1.15 bits per heavy atom. The Hall–Kier alpha value is -1.51. The molecule has 0 aliphatic carbocycles. The first-order valence-electron chi connectivity index (χ1n) is 6.84. The van der Waals surface area contributed by atoms with Gasteiger partial charge in [0.05, 0.1) is 6.10 Å². The summed E-state index contributed by atoms with van der Waals surface area (Å²) in [5, 5.41) is 10.9. The summed E-state index contributed by atoms with van der Waals surface area (Å²) in [5.41, 5.74) is 3.18. The highest BCUT2D eigenvalue weighted by Crippen LogP contribution is 2.28. The number of benzene rings is 2. The average Bonchev–Trinajstić information content (AvgIpc) is 2.46. The van der Waals surface area contributed by atoms with Crippen molar-refractivity contribution in [1.29, 1.82) is 0 Å². The Morgan fingerprint density at radius 2 is 1.90 bits per heavy atom. The zero-order valence-corrected chi connectivity index (χ0v) is 12.6. The van der Waals surface area contributed by atoms with Crippen LogP contribution in [-0.4, -0.2) is 12.2 Å². The van der Waals surface area contributed by atoms with E-state index in [1.54, 1.807) is 0 Å². The summed E-state index contributed by atoms with van der Waals surface area (Å²) in [7, 11) is 2.03. The SMILES string of the molecule is CC[C@H](O)c1ccccc1N(C)Cc1cccc(Cl)c1. The maximum Gasteiger partial charge on any atom is 0.0807 e. The van der Waals surface area contributed by atoms with Crippen LogP contribution in [-0.2, 0) is 6.54 Å². The minimum absolute atomic E-state index is 0.423. The van der Waals surface area contributed by atoms with Crippen molar-refractivity contribution in [3.63, 3.8) is 0 Å². The van der Waals surface area contributed by atoms with Gasteiger partial charge in [-0.25, -0.2) is 0 Å². The maximum atomic E-state index is 10.1. The molecule has 2 rings (SSSR count). The number of anilines is 1. The van der Waals surface area contributed by atoms with Gasteiger partial charge in [0.15, 0.2) is 0 Å². The van der Waals surface area contributed by atoms with Gasteiger partial charge in [-0.15, -0.1) is 0 Å². The number of hydrogen-bond acceptors (Lipinski definition) is 2. The number of para-hydroxylation sites is 1. The van der Waals surface area contributed by atoms with Crippen LogP contribution in [0.4, 0.5) is 5.69 Å². The Kier molecular flexibility index (Phi) is 5.05. The van der Waals surface area contributed by atoms with E-state index in [-0.39, 0.29) is 0 Å². The quantitative estimate of drug-likeness (QED) is 0.881. The summed E-state index contributed by atoms with van der Waals surface area (Å²) in [6.45, 7) is 2.74. The zero-order valence-electron chi connectivity index (χ0n) is 11.9. The Labute approximate surface area is 125 Å². The lowest BCUT2D eigenvalue weighted by molar-refractivity contribution is 0.174. The molecule has 2 aromatic carbocycles. The first-order chi connectivity index (χ1) is 9.61. The van der Waals surface area contributed by atoms with Crippen LogP contribution in [0, 0.1) is 0 Å². The van der Waals surface area contributed by atoms with Gasteiger partial charge in [0.1, 0.15) is 0 Å². The number of nitrogens with zero attached hydrogens (tertiary/aromatic N) is 1. The number of aliphatic hydroxyl groups excluding tert-OH is 1. The largest absolute Gasteiger partial charge is 0.388 e. The highest BCUT2D eigenvalue weighted by molar-refractivity contribution is 6.30. The molecule has 20 heavy (non-hydrogen) atoms. The molecule has 0 aromatic heterocycles. The Morgan fingerprint density at radius 3 is 2.60 bits per heavy atom. The van der Waals surface area contributed by atoms with Gasteiger partial charge in [0.2, 0.25) is 0 Å². The summed E-state index contributed by atoms with van der Waals surface area (Å²) in [4.78, 5) is 2.14. The number of halogens is 1. The first kappa shape index (κ1) is 14.9. The van der Waals surface area contributed by atoms with Crippen molar-refractivity contribution in [1.82, 2.24) is 0 Å². The average molecular weight is 290 g/mol. The van der Waals surface area contributed by atoms with Crippen LogP contribution in [0.1, 0.15) is 30.6 Å². The normalized spacial score (nSPS) is 12.2. The molecule has 0 saturated carbocycles. The zero-order chi connectivity index (χ0) is 14.5. The molecule has 0 aliphatic rings. The number of hydrogen-bond donors (Lipinski definition) is 1. The molecule has 1 N–H and O–H groups in total. The van der Waals surface area contributed by atoms with Crippen molar-refractivity contribution in [2.75, 3.05) is 11.9 Å². The Bertz CT molecular complexity index is 570. The second-order valence-electron chi connectivity index (χ2n) is 4.97. The standard InChI is InChI=1S/C17H20ClNO/c1-3-17(20)15-9-4-5-10-16(15)19(2)12-13-7-6-8-14(18)11-13/h4-11,17,20H,3,12H2,1-2H3/t17-/m0/s1. The van der Waals surface area contributed by atoms with Crippen LogP contribution in [0.2, 0.25) is 5.02 Å². The van der Waals surface area contributed by atoms with E-state index in [4.69, 9.17) is 11.6 Å². The lowest BCUT2D eigenvalue weighted by Crippen LogP contribution is -2.18. The third kappa shape index (κ3) is 3.53. The molecule has 106 valence electrons. The van der Waals surface area contributed by atoms with Crippen LogP contribution in [0.5, 0.6) is 0 Å². The third-order valence-corrected chi connectivity index (χ3v) is 3.64. The van der Waals surface area contributed by atoms with Crippen LogP contribution >= 0.6 is 11.6 Å². The van der Waals surface area contributed by atoms with Gasteiger partial charge in [-0.1, -0.05) is 48.9 Å². The molecule has 0 aliphatic heterocycles. The third-order valence-electron chi connectivity index (χ3n) is 3.40. The maximum absolute atomic E-state index is 10.1. The summed E-state index contributed by atoms with van der Waals surface area (Å²) in [6, 6.07) is 15.8. The summed E-state index contributed by atoms with van der Waals surface area (Å²) < 4.78 is 0. The van der Waals surface area contributed by atoms with Gasteiger partial charge in [-0.05, 0) is 30.2 Å². The van der Waals surface area contributed by atoms with E-state index in [0.717, 1.165) is 28.4 Å². The molecule has 3 heteroatoms. The van der Waals surface area contributed by atoms with Crippen molar-refractivity contribution in [3.05, 3.63) is 64.7 Å². The van der Waals surface area contributed by atoms with E-state index >= 15 is 0 Å². The fourth-order valence-corrected chi connectivity index (χ4v) is 2.54. The molecule has 0 spiro atoms. The lowest BCUT2D eigenvalue weighted by Gasteiger charge is -2.24. The molecular formula is C17H20ClNO. The summed E-state index contributed by atoms with van der Waals surface area (Å²) in [6.07, 6.45) is 0.287. The van der Waals surface area contributed by atoms with Gasteiger partial charge in [0.25, 0.3) is 0 Å². The molecule has 2 nitrogen and oxygen atoms in total. The molecule has 2 aromatic rings. The highest BCUT2D eigenvalue weighted by Gasteiger charge is 2.13. The monoisotopic (exact) mass is 289 g/mol. The van der Waals surface area contributed by atoms with Crippen molar-refractivity contribution in [2.24, 2.45) is 0 Å². The van der Waals surface area contributed by atoms with Crippen LogP contribution in [0.3, 0.4) is 0 Å². The van der Waals surface area contributed by atoms with E-state index in [0.29, 0.717) is 6.42 Å². The molecule has 0 amide bonds. The second kappa shape index (κ2) is 6.78. The fraction of sp³-hybridized carbons (Fsp3) is 0.294. The van der Waals surface area contributed by atoms with Gasteiger partial charge in [0, 0.05) is 29.9 Å². The summed E-state index contributed by atoms with van der Waals surface area (Å²) >= 11 is 6.02. The van der Waals surface area contributed by atoms with Crippen molar-refractivity contribution in [3.8, 4) is 0 Å². The molecular weight excluding hydrogens is 270 g/mol. The molecule has 0 radical (unpaired) electrons. The van der Waals surface area contributed by atoms with Gasteiger partial charge < -0.3 is 10.0 Å². The van der Waals surface area contributed by atoms with E-state index < -0.39 is 6.10 Å². The van der Waals surface area contributed by atoms with E-state index in [1.165, 1.54) is 0 Å². The Balaban J connectivity index is 2.23. The molecule has 0 saturated heterocycles. The molecule has 0 heterocycles. The van der Waals surface area contributed by atoms with Crippen molar-refractivity contribution in [2.45, 2.75) is 26.0 Å². The first-order valence-corrected chi connectivity index (χ1v) is 7.22. The smallest absolute Gasteiger partial charge is 0.0807 e. The topological polar surface area (TPSA) is 23.5 Å². The molecule has 1 atom stereocenters. The van der Waals surface area contributed by atoms with E-state index in [9.17, 15) is 5.11 Å². The molecule has 0 unspecified atom stereocenters. The molecule has 0 bridgehead atoms. The van der Waals surface area contributed by atoms with E-state index in [2.05, 4.69) is 11.0 Å². The number of aliphatic hydroxyl groups is 1. The lowest BCUT2D eigenvalue weighted by atomic mass is 10.0. The number of rotatable bonds is 5. The van der Waals surface area contributed by atoms with Gasteiger partial charge >= 0.3 is 0 Å². The van der Waals surface area contributed by atoms with Crippen LogP contribution in [0.15, 0.2) is 48.5 Å².